The molecular weight excluding hydrogens is 372 g/mol. The molecule has 0 aliphatic heterocycles. The summed E-state index contributed by atoms with van der Waals surface area (Å²) in [6.07, 6.45) is 0. The number of carbonyl (C=O) groups is 4. The van der Waals surface area contributed by atoms with Crippen LogP contribution in [0.15, 0.2) is 54.6 Å². The van der Waals surface area contributed by atoms with Crippen molar-refractivity contribution in [2.45, 2.75) is 19.8 Å². The molecule has 2 aliphatic carbocycles. The maximum atomic E-state index is 13.6. The number of hydrogen-bond donors (Lipinski definition) is 0. The number of fused-ring (bicyclic) bond motifs is 1. The molecule has 1 spiro atoms. The van der Waals surface area contributed by atoms with Gasteiger partial charge in [-0.1, -0.05) is 54.6 Å². The van der Waals surface area contributed by atoms with Crippen molar-refractivity contribution >= 4 is 23.5 Å². The largest absolute Gasteiger partial charge is 0.465 e. The lowest BCUT2D eigenvalue weighted by molar-refractivity contribution is -0.165. The molecule has 0 aromatic heterocycles. The first-order chi connectivity index (χ1) is 14.0. The summed E-state index contributed by atoms with van der Waals surface area (Å²) in [6.45, 7) is 3.23. The highest BCUT2D eigenvalue weighted by Crippen LogP contribution is 2.79. The highest BCUT2D eigenvalue weighted by molar-refractivity contribution is 6.39. The minimum atomic E-state index is -2.03. The molecule has 1 unspecified atom stereocenters. The highest BCUT2D eigenvalue weighted by atomic mass is 16.6. The summed E-state index contributed by atoms with van der Waals surface area (Å²) in [6, 6.07) is 15.1. The van der Waals surface area contributed by atoms with Gasteiger partial charge >= 0.3 is 11.9 Å². The molecule has 29 heavy (non-hydrogen) atoms. The van der Waals surface area contributed by atoms with E-state index in [-0.39, 0.29) is 24.3 Å². The number of hydrogen-bond acceptors (Lipinski definition) is 6. The maximum Gasteiger partial charge on any atom is 0.325 e. The summed E-state index contributed by atoms with van der Waals surface area (Å²) in [5, 5.41) is 0. The molecule has 0 radical (unpaired) electrons. The van der Waals surface area contributed by atoms with E-state index in [9.17, 15) is 19.2 Å². The van der Waals surface area contributed by atoms with E-state index in [1.807, 2.05) is 0 Å². The molecule has 0 heterocycles. The van der Waals surface area contributed by atoms with Crippen molar-refractivity contribution in [2.75, 3.05) is 13.2 Å². The first kappa shape index (κ1) is 19.1. The van der Waals surface area contributed by atoms with Crippen LogP contribution in [0.2, 0.25) is 0 Å². The Morgan fingerprint density at radius 2 is 1.24 bits per heavy atom. The van der Waals surface area contributed by atoms with E-state index < -0.39 is 40.3 Å². The van der Waals surface area contributed by atoms with Crippen LogP contribution in [0.3, 0.4) is 0 Å². The Balaban J connectivity index is 2.00. The first-order valence-electron chi connectivity index (χ1n) is 9.57. The van der Waals surface area contributed by atoms with Gasteiger partial charge in [0, 0.05) is 17.0 Å². The summed E-state index contributed by atoms with van der Waals surface area (Å²) in [4.78, 5) is 53.5. The Morgan fingerprint density at radius 3 is 1.69 bits per heavy atom. The van der Waals surface area contributed by atoms with Gasteiger partial charge < -0.3 is 9.47 Å². The topological polar surface area (TPSA) is 86.7 Å². The van der Waals surface area contributed by atoms with Crippen molar-refractivity contribution in [1.82, 2.24) is 0 Å². The van der Waals surface area contributed by atoms with Crippen molar-refractivity contribution in [3.05, 3.63) is 71.3 Å². The van der Waals surface area contributed by atoms with Gasteiger partial charge in [-0.05, 0) is 19.4 Å². The molecule has 1 fully saturated rings. The number of ether oxygens (including phenoxy) is 2. The van der Waals surface area contributed by atoms with Gasteiger partial charge in [0.2, 0.25) is 0 Å². The second-order valence-corrected chi connectivity index (χ2v) is 7.10. The third-order valence-corrected chi connectivity index (χ3v) is 5.87. The van der Waals surface area contributed by atoms with E-state index >= 15 is 0 Å². The molecule has 4 rings (SSSR count). The van der Waals surface area contributed by atoms with Crippen LogP contribution >= 0.6 is 0 Å². The molecule has 6 heteroatoms. The van der Waals surface area contributed by atoms with Gasteiger partial charge in [-0.15, -0.1) is 0 Å². The molecule has 1 atom stereocenters. The van der Waals surface area contributed by atoms with E-state index in [2.05, 4.69) is 0 Å². The van der Waals surface area contributed by atoms with Crippen molar-refractivity contribution in [3.8, 4) is 0 Å². The van der Waals surface area contributed by atoms with E-state index in [0.717, 1.165) is 0 Å². The van der Waals surface area contributed by atoms with Gasteiger partial charge in [-0.3, -0.25) is 19.2 Å². The number of Topliss-reactive ketones (excluding diaryl/α,β-unsaturated/α-hetero) is 2. The van der Waals surface area contributed by atoms with E-state index in [1.54, 1.807) is 68.4 Å². The Hall–Kier alpha value is -3.28. The van der Waals surface area contributed by atoms with Crippen LogP contribution < -0.4 is 0 Å². The Morgan fingerprint density at radius 1 is 0.793 bits per heavy atom. The fourth-order valence-electron chi connectivity index (χ4n) is 4.78. The van der Waals surface area contributed by atoms with Gasteiger partial charge in [-0.2, -0.15) is 0 Å². The van der Waals surface area contributed by atoms with Crippen LogP contribution in [0, 0.1) is 10.8 Å². The Bertz CT molecular complexity index is 970. The van der Waals surface area contributed by atoms with Crippen LogP contribution in [-0.4, -0.2) is 36.7 Å². The van der Waals surface area contributed by atoms with Gasteiger partial charge in [0.05, 0.1) is 13.2 Å². The molecule has 2 aliphatic rings. The molecule has 1 saturated carbocycles. The molecule has 0 N–H and O–H groups in total. The lowest BCUT2D eigenvalue weighted by Crippen LogP contribution is -2.39. The van der Waals surface area contributed by atoms with Gasteiger partial charge in [-0.25, -0.2) is 0 Å². The molecule has 0 bridgehead atoms. The standard InChI is InChI=1S/C23H20O6/c1-3-28-20(26)23(21(27)29-4-2)17(14-10-6-5-7-11-14)22(23)18(24)15-12-8-9-13-16(15)19(22)25/h5-13,17H,3-4H2,1-2H3. The van der Waals surface area contributed by atoms with Crippen molar-refractivity contribution in [2.24, 2.45) is 10.8 Å². The molecule has 0 amide bonds. The summed E-state index contributed by atoms with van der Waals surface area (Å²) in [5.41, 5.74) is -2.93. The average Bonchev–Trinajstić information content (AvgIpc) is 3.34. The number of rotatable bonds is 5. The quantitative estimate of drug-likeness (QED) is 0.574. The third kappa shape index (κ3) is 2.17. The van der Waals surface area contributed by atoms with Crippen molar-refractivity contribution in [1.29, 1.82) is 0 Å². The zero-order valence-electron chi connectivity index (χ0n) is 16.1. The first-order valence-corrected chi connectivity index (χ1v) is 9.57. The molecular formula is C23H20O6. The van der Waals surface area contributed by atoms with Crippen LogP contribution in [0.5, 0.6) is 0 Å². The monoisotopic (exact) mass is 392 g/mol. The summed E-state index contributed by atoms with van der Waals surface area (Å²) in [5.74, 6) is -3.86. The highest BCUT2D eigenvalue weighted by Gasteiger charge is 2.94. The van der Waals surface area contributed by atoms with Gasteiger partial charge in [0.15, 0.2) is 17.0 Å². The van der Waals surface area contributed by atoms with E-state index in [4.69, 9.17) is 9.47 Å². The predicted molar refractivity (Wildman–Crippen MR) is 102 cm³/mol. The fraction of sp³-hybridized carbons (Fsp3) is 0.304. The summed E-state index contributed by atoms with van der Waals surface area (Å²) < 4.78 is 10.5. The summed E-state index contributed by atoms with van der Waals surface area (Å²) in [7, 11) is 0. The third-order valence-electron chi connectivity index (χ3n) is 5.87. The molecule has 2 aromatic rings. The minimum Gasteiger partial charge on any atom is -0.465 e. The Labute approximate surface area is 167 Å². The van der Waals surface area contributed by atoms with E-state index in [0.29, 0.717) is 5.56 Å². The van der Waals surface area contributed by atoms with Crippen LogP contribution in [0.25, 0.3) is 0 Å². The number of ketones is 2. The fourth-order valence-corrected chi connectivity index (χ4v) is 4.78. The zero-order chi connectivity index (χ0) is 20.8. The molecule has 2 aromatic carbocycles. The van der Waals surface area contributed by atoms with Gasteiger partial charge in [0.25, 0.3) is 0 Å². The lowest BCUT2D eigenvalue weighted by atomic mass is 9.87. The van der Waals surface area contributed by atoms with Crippen LogP contribution in [0.1, 0.15) is 46.0 Å². The summed E-state index contributed by atoms with van der Waals surface area (Å²) >= 11 is 0. The predicted octanol–water partition coefficient (Wildman–Crippen LogP) is 2.96. The molecule has 0 saturated heterocycles. The maximum absolute atomic E-state index is 13.6. The molecule has 148 valence electrons. The minimum absolute atomic E-state index is 0.00685. The zero-order valence-corrected chi connectivity index (χ0v) is 16.1. The van der Waals surface area contributed by atoms with Crippen molar-refractivity contribution < 1.29 is 28.7 Å². The average molecular weight is 392 g/mol. The van der Waals surface area contributed by atoms with Crippen LogP contribution in [-0.2, 0) is 19.1 Å². The number of benzene rings is 2. The number of carbonyl (C=O) groups excluding carboxylic acids is 4. The normalized spacial score (nSPS) is 20.3. The lowest BCUT2D eigenvalue weighted by Gasteiger charge is -2.17. The molecule has 6 nitrogen and oxygen atoms in total. The van der Waals surface area contributed by atoms with Crippen LogP contribution in [0.4, 0.5) is 0 Å². The Kier molecular flexibility index (Phi) is 4.37. The van der Waals surface area contributed by atoms with Crippen molar-refractivity contribution in [3.63, 3.8) is 0 Å². The van der Waals surface area contributed by atoms with Gasteiger partial charge in [0.1, 0.15) is 5.41 Å². The number of esters is 2. The SMILES string of the molecule is CCOC(=O)C1(C(=O)OCC)C(c2ccccc2)C12C(=O)c1ccccc1C2=O. The smallest absolute Gasteiger partial charge is 0.325 e. The van der Waals surface area contributed by atoms with E-state index in [1.165, 1.54) is 0 Å². The second kappa shape index (κ2) is 6.65. The second-order valence-electron chi connectivity index (χ2n) is 7.10.